The van der Waals surface area contributed by atoms with Crippen molar-refractivity contribution in [2.24, 2.45) is 17.3 Å². The highest BCUT2D eigenvalue weighted by Crippen LogP contribution is 2.65. The van der Waals surface area contributed by atoms with E-state index >= 15 is 0 Å². The third-order valence-electron chi connectivity index (χ3n) is 4.18. The molecular weight excluding hydrogens is 132 g/mol. The maximum absolute atomic E-state index is 2.44. The Balaban J connectivity index is 1.92. The molecule has 2 rings (SSSR count). The lowest BCUT2D eigenvalue weighted by molar-refractivity contribution is 0.374. The van der Waals surface area contributed by atoms with Crippen LogP contribution in [0.25, 0.3) is 0 Å². The summed E-state index contributed by atoms with van der Waals surface area (Å²) in [6.07, 6.45) is 9.12. The molecule has 2 aliphatic rings. The Bertz CT molecular complexity index is 142. The summed E-state index contributed by atoms with van der Waals surface area (Å²) < 4.78 is 0. The molecule has 0 aromatic carbocycles. The second-order valence-electron chi connectivity index (χ2n) is 4.77. The minimum Gasteiger partial charge on any atom is -0.0651 e. The van der Waals surface area contributed by atoms with Gasteiger partial charge in [0.05, 0.1) is 0 Å². The SMILES string of the molecule is CCC(C)C1CC12CCCC2. The molecule has 0 nitrogen and oxygen atoms in total. The predicted octanol–water partition coefficient (Wildman–Crippen LogP) is 3.61. The van der Waals surface area contributed by atoms with E-state index in [1.54, 1.807) is 19.3 Å². The van der Waals surface area contributed by atoms with Gasteiger partial charge in [-0.1, -0.05) is 33.1 Å². The Morgan fingerprint density at radius 2 is 2.00 bits per heavy atom. The van der Waals surface area contributed by atoms with E-state index in [0.29, 0.717) is 0 Å². The van der Waals surface area contributed by atoms with Crippen LogP contribution in [0.4, 0.5) is 0 Å². The Labute approximate surface area is 70.4 Å². The summed E-state index contributed by atoms with van der Waals surface area (Å²) in [6, 6.07) is 0. The lowest BCUT2D eigenvalue weighted by Gasteiger charge is -2.12. The van der Waals surface area contributed by atoms with Crippen molar-refractivity contribution in [3.8, 4) is 0 Å². The molecule has 1 spiro atoms. The molecule has 2 atom stereocenters. The van der Waals surface area contributed by atoms with Crippen LogP contribution < -0.4 is 0 Å². The van der Waals surface area contributed by atoms with Gasteiger partial charge in [-0.25, -0.2) is 0 Å². The van der Waals surface area contributed by atoms with Gasteiger partial charge in [0.15, 0.2) is 0 Å². The third kappa shape index (κ3) is 1.11. The van der Waals surface area contributed by atoms with Gasteiger partial charge in [-0.3, -0.25) is 0 Å². The number of rotatable bonds is 2. The summed E-state index contributed by atoms with van der Waals surface area (Å²) in [5.74, 6) is 2.13. The minimum absolute atomic E-state index is 0.884. The van der Waals surface area contributed by atoms with Crippen LogP contribution in [0.3, 0.4) is 0 Å². The summed E-state index contributed by atoms with van der Waals surface area (Å²) in [6.45, 7) is 4.78. The standard InChI is InChI=1S/C11H20/c1-3-9(2)10-8-11(10)6-4-5-7-11/h9-10H,3-8H2,1-2H3. The first-order valence-corrected chi connectivity index (χ1v) is 5.28. The molecule has 0 aromatic heterocycles. The Hall–Kier alpha value is 0. The van der Waals surface area contributed by atoms with Crippen molar-refractivity contribution in [2.75, 3.05) is 0 Å². The van der Waals surface area contributed by atoms with Crippen LogP contribution in [-0.4, -0.2) is 0 Å². The lowest BCUT2D eigenvalue weighted by Crippen LogP contribution is -2.04. The quantitative estimate of drug-likeness (QED) is 0.567. The summed E-state index contributed by atoms with van der Waals surface area (Å²) >= 11 is 0. The number of hydrogen-bond donors (Lipinski definition) is 0. The van der Waals surface area contributed by atoms with E-state index in [2.05, 4.69) is 13.8 Å². The predicted molar refractivity (Wildman–Crippen MR) is 48.5 cm³/mol. The molecule has 0 aliphatic heterocycles. The molecule has 0 N–H and O–H groups in total. The maximum atomic E-state index is 2.44. The normalized spacial score (nSPS) is 36.0. The summed E-state index contributed by atoms with van der Waals surface area (Å²) in [4.78, 5) is 0. The smallest absolute Gasteiger partial charge is 0.0263 e. The van der Waals surface area contributed by atoms with Gasteiger partial charge >= 0.3 is 0 Å². The van der Waals surface area contributed by atoms with Crippen molar-refractivity contribution < 1.29 is 0 Å². The van der Waals surface area contributed by atoms with Gasteiger partial charge in [0.25, 0.3) is 0 Å². The second kappa shape index (κ2) is 2.50. The van der Waals surface area contributed by atoms with Crippen LogP contribution in [0.5, 0.6) is 0 Å². The summed E-state index contributed by atoms with van der Waals surface area (Å²) in [7, 11) is 0. The molecule has 2 saturated carbocycles. The van der Waals surface area contributed by atoms with E-state index < -0.39 is 0 Å². The average Bonchev–Trinajstić information content (AvgIpc) is 2.48. The van der Waals surface area contributed by atoms with Crippen molar-refractivity contribution in [1.29, 1.82) is 0 Å². The molecule has 0 aromatic rings. The Kier molecular flexibility index (Phi) is 1.74. The Morgan fingerprint density at radius 3 is 2.55 bits per heavy atom. The highest BCUT2D eigenvalue weighted by atomic mass is 14.6. The topological polar surface area (TPSA) is 0 Å². The molecule has 0 radical (unpaired) electrons. The molecule has 2 aliphatic carbocycles. The molecule has 0 heterocycles. The zero-order chi connectivity index (χ0) is 7.90. The van der Waals surface area contributed by atoms with Crippen LogP contribution >= 0.6 is 0 Å². The summed E-state index contributed by atoms with van der Waals surface area (Å²) in [5, 5.41) is 0. The first kappa shape index (κ1) is 7.64. The zero-order valence-electron chi connectivity index (χ0n) is 7.90. The van der Waals surface area contributed by atoms with Gasteiger partial charge in [0.2, 0.25) is 0 Å². The van der Waals surface area contributed by atoms with Gasteiger partial charge in [0, 0.05) is 0 Å². The molecule has 2 fully saturated rings. The van der Waals surface area contributed by atoms with E-state index in [1.165, 1.54) is 19.3 Å². The first-order chi connectivity index (χ1) is 5.28. The van der Waals surface area contributed by atoms with E-state index in [0.717, 1.165) is 17.3 Å². The Morgan fingerprint density at radius 1 is 1.36 bits per heavy atom. The van der Waals surface area contributed by atoms with Crippen molar-refractivity contribution in [3.63, 3.8) is 0 Å². The van der Waals surface area contributed by atoms with Gasteiger partial charge in [-0.2, -0.15) is 0 Å². The van der Waals surface area contributed by atoms with Crippen molar-refractivity contribution >= 4 is 0 Å². The first-order valence-electron chi connectivity index (χ1n) is 5.28. The fourth-order valence-electron chi connectivity index (χ4n) is 3.12. The van der Waals surface area contributed by atoms with E-state index in [4.69, 9.17) is 0 Å². The molecule has 0 bridgehead atoms. The monoisotopic (exact) mass is 152 g/mol. The van der Waals surface area contributed by atoms with Crippen LogP contribution in [0, 0.1) is 17.3 Å². The van der Waals surface area contributed by atoms with Crippen LogP contribution in [0.1, 0.15) is 52.4 Å². The molecule has 0 saturated heterocycles. The van der Waals surface area contributed by atoms with Crippen LogP contribution in [-0.2, 0) is 0 Å². The minimum atomic E-state index is 0.884. The van der Waals surface area contributed by atoms with Crippen LogP contribution in [0.15, 0.2) is 0 Å². The second-order valence-corrected chi connectivity index (χ2v) is 4.77. The fourth-order valence-corrected chi connectivity index (χ4v) is 3.12. The fraction of sp³-hybridized carbons (Fsp3) is 1.00. The van der Waals surface area contributed by atoms with E-state index in [-0.39, 0.29) is 0 Å². The van der Waals surface area contributed by atoms with E-state index in [9.17, 15) is 0 Å². The van der Waals surface area contributed by atoms with Gasteiger partial charge in [-0.05, 0) is 36.5 Å². The number of hydrogen-bond acceptors (Lipinski definition) is 0. The highest BCUT2D eigenvalue weighted by Gasteiger charge is 2.56. The molecular formula is C11H20. The third-order valence-corrected chi connectivity index (χ3v) is 4.18. The molecule has 11 heavy (non-hydrogen) atoms. The molecule has 2 unspecified atom stereocenters. The van der Waals surface area contributed by atoms with Crippen molar-refractivity contribution in [3.05, 3.63) is 0 Å². The van der Waals surface area contributed by atoms with Gasteiger partial charge in [0.1, 0.15) is 0 Å². The molecule has 0 heteroatoms. The maximum Gasteiger partial charge on any atom is -0.0263 e. The largest absolute Gasteiger partial charge is 0.0651 e. The van der Waals surface area contributed by atoms with Crippen LogP contribution in [0.2, 0.25) is 0 Å². The van der Waals surface area contributed by atoms with E-state index in [1.807, 2.05) is 0 Å². The summed E-state index contributed by atoms with van der Waals surface area (Å²) in [5.41, 5.74) is 0.884. The zero-order valence-corrected chi connectivity index (χ0v) is 7.90. The molecule has 0 amide bonds. The van der Waals surface area contributed by atoms with Gasteiger partial charge in [-0.15, -0.1) is 0 Å². The lowest BCUT2D eigenvalue weighted by atomic mass is 9.93. The highest BCUT2D eigenvalue weighted by molar-refractivity contribution is 5.05. The van der Waals surface area contributed by atoms with Crippen molar-refractivity contribution in [2.45, 2.75) is 52.4 Å². The van der Waals surface area contributed by atoms with Gasteiger partial charge < -0.3 is 0 Å². The molecule has 64 valence electrons. The van der Waals surface area contributed by atoms with Crippen molar-refractivity contribution in [1.82, 2.24) is 0 Å². The average molecular weight is 152 g/mol.